The van der Waals surface area contributed by atoms with Gasteiger partial charge in [0.25, 0.3) is 0 Å². The summed E-state index contributed by atoms with van der Waals surface area (Å²) in [5.41, 5.74) is -1.55. The molecule has 0 unspecified atom stereocenters. The van der Waals surface area contributed by atoms with Gasteiger partial charge in [-0.2, -0.15) is 4.39 Å². The molecule has 1 aromatic carbocycles. The van der Waals surface area contributed by atoms with E-state index in [1.807, 2.05) is 0 Å². The lowest BCUT2D eigenvalue weighted by Crippen LogP contribution is -2.06. The van der Waals surface area contributed by atoms with Crippen LogP contribution in [-0.4, -0.2) is 17.0 Å². The van der Waals surface area contributed by atoms with Crippen molar-refractivity contribution in [2.75, 3.05) is 0 Å². The summed E-state index contributed by atoms with van der Waals surface area (Å²) in [5, 5.41) is 10.4. The number of benzene rings is 1. The third-order valence-corrected chi connectivity index (χ3v) is 1.83. The Kier molecular flexibility index (Phi) is 2.89. The van der Waals surface area contributed by atoms with Gasteiger partial charge in [-0.05, 0) is 13.0 Å². The lowest BCUT2D eigenvalue weighted by Gasteiger charge is -2.02. The molecule has 6 heteroatoms. The summed E-state index contributed by atoms with van der Waals surface area (Å²) < 4.78 is 13.4. The van der Waals surface area contributed by atoms with E-state index in [4.69, 9.17) is 0 Å². The number of nitro benzene ring substituents is 1. The zero-order valence-electron chi connectivity index (χ0n) is 7.69. The number of aldehydes is 1. The molecule has 0 atom stereocenters. The number of halogens is 1. The summed E-state index contributed by atoms with van der Waals surface area (Å²) in [5.74, 6) is -1.99. The summed E-state index contributed by atoms with van der Waals surface area (Å²) in [4.78, 5) is 30.9. The molecule has 0 spiro atoms. The van der Waals surface area contributed by atoms with Crippen molar-refractivity contribution in [1.82, 2.24) is 0 Å². The number of hydrogen-bond acceptors (Lipinski definition) is 4. The first-order valence-electron chi connectivity index (χ1n) is 3.92. The van der Waals surface area contributed by atoms with E-state index in [2.05, 4.69) is 0 Å². The predicted molar refractivity (Wildman–Crippen MR) is 48.4 cm³/mol. The standard InChI is InChI=1S/C9H6FNO4/c1-5(13)8-6(4-12)2-3-7(9(8)10)11(14)15/h2-4H,1H3. The van der Waals surface area contributed by atoms with Crippen LogP contribution in [0.5, 0.6) is 0 Å². The third kappa shape index (κ3) is 1.88. The number of hydrogen-bond donors (Lipinski definition) is 0. The summed E-state index contributed by atoms with van der Waals surface area (Å²) in [6.45, 7) is 1.04. The number of nitro groups is 1. The number of carbonyl (C=O) groups is 2. The fourth-order valence-electron chi connectivity index (χ4n) is 1.18. The first-order chi connectivity index (χ1) is 6.99. The van der Waals surface area contributed by atoms with Crippen molar-refractivity contribution in [1.29, 1.82) is 0 Å². The van der Waals surface area contributed by atoms with Crippen LogP contribution in [0.25, 0.3) is 0 Å². The van der Waals surface area contributed by atoms with Gasteiger partial charge in [0.2, 0.25) is 5.82 Å². The van der Waals surface area contributed by atoms with Crippen molar-refractivity contribution in [3.8, 4) is 0 Å². The first-order valence-corrected chi connectivity index (χ1v) is 3.92. The molecule has 15 heavy (non-hydrogen) atoms. The topological polar surface area (TPSA) is 77.3 Å². The van der Waals surface area contributed by atoms with Crippen molar-refractivity contribution in [2.45, 2.75) is 6.92 Å². The van der Waals surface area contributed by atoms with Crippen LogP contribution in [0.4, 0.5) is 10.1 Å². The van der Waals surface area contributed by atoms with Crippen LogP contribution < -0.4 is 0 Å². The van der Waals surface area contributed by atoms with Gasteiger partial charge in [0.1, 0.15) is 0 Å². The average molecular weight is 211 g/mol. The zero-order valence-corrected chi connectivity index (χ0v) is 7.69. The lowest BCUT2D eigenvalue weighted by molar-refractivity contribution is -0.387. The normalized spacial score (nSPS) is 9.73. The SMILES string of the molecule is CC(=O)c1c(C=O)ccc([N+](=O)[O-])c1F. The van der Waals surface area contributed by atoms with Gasteiger partial charge in [0.15, 0.2) is 12.1 Å². The fraction of sp³-hybridized carbons (Fsp3) is 0.111. The smallest absolute Gasteiger partial charge is 0.298 e. The maximum Gasteiger partial charge on any atom is 0.305 e. The number of ketones is 1. The fourth-order valence-corrected chi connectivity index (χ4v) is 1.18. The summed E-state index contributed by atoms with van der Waals surface area (Å²) >= 11 is 0. The van der Waals surface area contributed by atoms with E-state index >= 15 is 0 Å². The molecule has 0 heterocycles. The Morgan fingerprint density at radius 1 is 1.53 bits per heavy atom. The molecule has 0 bridgehead atoms. The highest BCUT2D eigenvalue weighted by molar-refractivity contribution is 6.02. The molecule has 0 aromatic heterocycles. The van der Waals surface area contributed by atoms with Gasteiger partial charge in [-0.3, -0.25) is 19.7 Å². The van der Waals surface area contributed by atoms with Gasteiger partial charge in [-0.25, -0.2) is 0 Å². The van der Waals surface area contributed by atoms with Crippen LogP contribution in [0, 0.1) is 15.9 Å². The van der Waals surface area contributed by atoms with Gasteiger partial charge in [-0.15, -0.1) is 0 Å². The predicted octanol–water partition coefficient (Wildman–Crippen LogP) is 1.75. The molecule has 0 saturated heterocycles. The van der Waals surface area contributed by atoms with Crippen LogP contribution in [0.1, 0.15) is 27.6 Å². The molecule has 0 aliphatic rings. The monoisotopic (exact) mass is 211 g/mol. The molecular weight excluding hydrogens is 205 g/mol. The van der Waals surface area contributed by atoms with Crippen molar-refractivity contribution in [3.05, 3.63) is 39.2 Å². The molecule has 0 aliphatic heterocycles. The minimum atomic E-state index is -1.27. The molecule has 0 amide bonds. The van der Waals surface area contributed by atoms with E-state index in [9.17, 15) is 24.1 Å². The quantitative estimate of drug-likeness (QED) is 0.330. The van der Waals surface area contributed by atoms with E-state index in [-0.39, 0.29) is 11.8 Å². The molecular formula is C9H6FNO4. The van der Waals surface area contributed by atoms with Crippen molar-refractivity contribution in [2.24, 2.45) is 0 Å². The van der Waals surface area contributed by atoms with Gasteiger partial charge in [0.05, 0.1) is 10.5 Å². The van der Waals surface area contributed by atoms with Crippen molar-refractivity contribution < 1.29 is 18.9 Å². The first kappa shape index (κ1) is 11.0. The van der Waals surface area contributed by atoms with E-state index in [1.54, 1.807) is 0 Å². The number of Topliss-reactive ketones (excluding diaryl/α,β-unsaturated/α-hetero) is 1. The van der Waals surface area contributed by atoms with E-state index < -0.39 is 27.8 Å². The van der Waals surface area contributed by atoms with Gasteiger partial charge >= 0.3 is 5.69 Å². The van der Waals surface area contributed by atoms with E-state index in [1.165, 1.54) is 0 Å². The Hall–Kier alpha value is -2.11. The molecule has 78 valence electrons. The highest BCUT2D eigenvalue weighted by Gasteiger charge is 2.23. The van der Waals surface area contributed by atoms with Crippen LogP contribution >= 0.6 is 0 Å². The number of carbonyl (C=O) groups excluding carboxylic acids is 2. The summed E-state index contributed by atoms with van der Waals surface area (Å²) in [6.07, 6.45) is 0.281. The van der Waals surface area contributed by atoms with E-state index in [0.29, 0.717) is 0 Å². The second kappa shape index (κ2) is 3.95. The van der Waals surface area contributed by atoms with Crippen LogP contribution in [0.15, 0.2) is 12.1 Å². The lowest BCUT2D eigenvalue weighted by atomic mass is 10.0. The molecule has 0 aliphatic carbocycles. The number of rotatable bonds is 3. The Morgan fingerprint density at radius 3 is 2.53 bits per heavy atom. The molecule has 0 N–H and O–H groups in total. The number of nitrogens with zero attached hydrogens (tertiary/aromatic N) is 1. The summed E-state index contributed by atoms with van der Waals surface area (Å²) in [6, 6.07) is 1.90. The second-order valence-electron chi connectivity index (χ2n) is 2.79. The molecule has 1 aromatic rings. The largest absolute Gasteiger partial charge is 0.305 e. The minimum Gasteiger partial charge on any atom is -0.298 e. The maximum atomic E-state index is 13.4. The van der Waals surface area contributed by atoms with E-state index in [0.717, 1.165) is 19.1 Å². The van der Waals surface area contributed by atoms with Gasteiger partial charge in [0, 0.05) is 11.6 Å². The molecule has 0 fully saturated rings. The van der Waals surface area contributed by atoms with Crippen LogP contribution in [0.2, 0.25) is 0 Å². The maximum absolute atomic E-state index is 13.4. The van der Waals surface area contributed by atoms with Crippen LogP contribution in [0.3, 0.4) is 0 Å². The zero-order chi connectivity index (χ0) is 11.6. The Morgan fingerprint density at radius 2 is 2.13 bits per heavy atom. The average Bonchev–Trinajstić information content (AvgIpc) is 2.15. The molecule has 5 nitrogen and oxygen atoms in total. The van der Waals surface area contributed by atoms with Crippen LogP contribution in [-0.2, 0) is 0 Å². The third-order valence-electron chi connectivity index (χ3n) is 1.83. The Balaban J connectivity index is 3.56. The van der Waals surface area contributed by atoms with Crippen molar-refractivity contribution in [3.63, 3.8) is 0 Å². The second-order valence-corrected chi connectivity index (χ2v) is 2.79. The van der Waals surface area contributed by atoms with Gasteiger partial charge in [-0.1, -0.05) is 0 Å². The highest BCUT2D eigenvalue weighted by Crippen LogP contribution is 2.23. The highest BCUT2D eigenvalue weighted by atomic mass is 19.1. The summed E-state index contributed by atoms with van der Waals surface area (Å²) in [7, 11) is 0. The minimum absolute atomic E-state index is 0.189. The Labute approximate surface area is 83.7 Å². The van der Waals surface area contributed by atoms with Gasteiger partial charge < -0.3 is 0 Å². The Bertz CT molecular complexity index is 456. The molecule has 0 saturated carbocycles. The van der Waals surface area contributed by atoms with Crippen molar-refractivity contribution >= 4 is 17.8 Å². The molecule has 1 rings (SSSR count). The molecule has 0 radical (unpaired) electrons.